The van der Waals surface area contributed by atoms with Crippen molar-refractivity contribution in [2.45, 2.75) is 31.3 Å². The molecule has 0 bridgehead atoms. The van der Waals surface area contributed by atoms with Gasteiger partial charge in [0.15, 0.2) is 0 Å². The maximum atomic E-state index is 10.3. The van der Waals surface area contributed by atoms with Crippen molar-refractivity contribution in [1.82, 2.24) is 0 Å². The Balaban J connectivity index is 1.79. The topological polar surface area (TPSA) is 64.7 Å². The van der Waals surface area contributed by atoms with Gasteiger partial charge in [0.1, 0.15) is 11.5 Å². The minimum absolute atomic E-state index is 0.260. The molecule has 1 aliphatic rings. The third kappa shape index (κ3) is 3.39. The standard InChI is InChI=1S/C15H23NO3/c1-18-13-4-6-14(7-5-13)19-10-8-12-3-2-9-15(12,17)11-16/h4-7,12,17H,2-3,8-11,16H2,1H3. The van der Waals surface area contributed by atoms with Gasteiger partial charge in [0.25, 0.3) is 0 Å². The fraction of sp³-hybridized carbons (Fsp3) is 0.600. The maximum Gasteiger partial charge on any atom is 0.119 e. The average Bonchev–Trinajstić information content (AvgIpc) is 2.82. The van der Waals surface area contributed by atoms with Crippen molar-refractivity contribution in [3.8, 4) is 11.5 Å². The van der Waals surface area contributed by atoms with Crippen molar-refractivity contribution >= 4 is 0 Å². The van der Waals surface area contributed by atoms with E-state index in [1.165, 1.54) is 0 Å². The summed E-state index contributed by atoms with van der Waals surface area (Å²) >= 11 is 0. The number of hydrogen-bond donors (Lipinski definition) is 2. The summed E-state index contributed by atoms with van der Waals surface area (Å²) in [7, 11) is 1.64. The predicted molar refractivity (Wildman–Crippen MR) is 74.5 cm³/mol. The van der Waals surface area contributed by atoms with Crippen molar-refractivity contribution < 1.29 is 14.6 Å². The predicted octanol–water partition coefficient (Wildman–Crippen LogP) is 1.95. The highest BCUT2D eigenvalue weighted by atomic mass is 16.5. The molecule has 0 aromatic heterocycles. The van der Waals surface area contributed by atoms with Crippen LogP contribution in [0.4, 0.5) is 0 Å². The van der Waals surface area contributed by atoms with Crippen LogP contribution in [-0.2, 0) is 0 Å². The third-order valence-electron chi connectivity index (χ3n) is 4.07. The van der Waals surface area contributed by atoms with Crippen LogP contribution >= 0.6 is 0 Å². The van der Waals surface area contributed by atoms with Gasteiger partial charge in [-0.25, -0.2) is 0 Å². The van der Waals surface area contributed by atoms with E-state index in [0.29, 0.717) is 13.2 Å². The van der Waals surface area contributed by atoms with E-state index in [2.05, 4.69) is 0 Å². The van der Waals surface area contributed by atoms with Gasteiger partial charge in [0.05, 0.1) is 19.3 Å². The molecule has 19 heavy (non-hydrogen) atoms. The number of methoxy groups -OCH3 is 1. The quantitative estimate of drug-likeness (QED) is 0.825. The lowest BCUT2D eigenvalue weighted by atomic mass is 9.88. The van der Waals surface area contributed by atoms with E-state index in [9.17, 15) is 5.11 Å². The highest BCUT2D eigenvalue weighted by molar-refractivity contribution is 5.31. The Hall–Kier alpha value is -1.26. The maximum absolute atomic E-state index is 10.3. The van der Waals surface area contributed by atoms with Crippen LogP contribution in [0, 0.1) is 5.92 Å². The van der Waals surface area contributed by atoms with Gasteiger partial charge >= 0.3 is 0 Å². The van der Waals surface area contributed by atoms with Crippen LogP contribution in [-0.4, -0.2) is 31.0 Å². The fourth-order valence-electron chi connectivity index (χ4n) is 2.80. The van der Waals surface area contributed by atoms with Crippen LogP contribution in [0.5, 0.6) is 11.5 Å². The number of rotatable bonds is 6. The van der Waals surface area contributed by atoms with Gasteiger partial charge in [-0.3, -0.25) is 0 Å². The molecule has 0 saturated heterocycles. The van der Waals surface area contributed by atoms with E-state index in [0.717, 1.165) is 37.2 Å². The van der Waals surface area contributed by atoms with Crippen molar-refractivity contribution in [1.29, 1.82) is 0 Å². The SMILES string of the molecule is COc1ccc(OCCC2CCCC2(O)CN)cc1. The molecule has 0 radical (unpaired) electrons. The van der Waals surface area contributed by atoms with E-state index in [4.69, 9.17) is 15.2 Å². The van der Waals surface area contributed by atoms with Gasteiger partial charge in [-0.2, -0.15) is 0 Å². The minimum Gasteiger partial charge on any atom is -0.497 e. The first kappa shape index (κ1) is 14.2. The smallest absolute Gasteiger partial charge is 0.119 e. The third-order valence-corrected chi connectivity index (χ3v) is 4.07. The molecule has 1 aromatic carbocycles. The van der Waals surface area contributed by atoms with E-state index in [1.54, 1.807) is 7.11 Å². The molecule has 1 saturated carbocycles. The Bertz CT molecular complexity index is 393. The van der Waals surface area contributed by atoms with Gasteiger partial charge in [0, 0.05) is 6.54 Å². The Labute approximate surface area is 114 Å². The second-order valence-electron chi connectivity index (χ2n) is 5.21. The van der Waals surface area contributed by atoms with E-state index in [1.807, 2.05) is 24.3 Å². The van der Waals surface area contributed by atoms with Gasteiger partial charge < -0.3 is 20.3 Å². The van der Waals surface area contributed by atoms with Crippen molar-refractivity contribution in [2.75, 3.05) is 20.3 Å². The molecule has 1 aromatic rings. The number of benzene rings is 1. The first-order valence-electron chi connectivity index (χ1n) is 6.87. The van der Waals surface area contributed by atoms with Crippen molar-refractivity contribution in [2.24, 2.45) is 11.7 Å². The molecular formula is C15H23NO3. The van der Waals surface area contributed by atoms with Crippen LogP contribution < -0.4 is 15.2 Å². The van der Waals surface area contributed by atoms with Crippen LogP contribution in [0.2, 0.25) is 0 Å². The summed E-state index contributed by atoms with van der Waals surface area (Å²) in [5, 5.41) is 10.3. The van der Waals surface area contributed by atoms with Crippen LogP contribution in [0.1, 0.15) is 25.7 Å². The van der Waals surface area contributed by atoms with E-state index < -0.39 is 5.60 Å². The number of aliphatic hydroxyl groups is 1. The van der Waals surface area contributed by atoms with E-state index >= 15 is 0 Å². The molecule has 1 fully saturated rings. The monoisotopic (exact) mass is 265 g/mol. The number of hydrogen-bond acceptors (Lipinski definition) is 4. The second kappa shape index (κ2) is 6.26. The molecule has 0 spiro atoms. The summed E-state index contributed by atoms with van der Waals surface area (Å²) in [6.07, 6.45) is 3.76. The molecule has 3 N–H and O–H groups in total. The highest BCUT2D eigenvalue weighted by Crippen LogP contribution is 2.37. The van der Waals surface area contributed by atoms with Gasteiger partial charge in [0.2, 0.25) is 0 Å². The molecule has 0 aliphatic heterocycles. The zero-order valence-corrected chi connectivity index (χ0v) is 11.5. The largest absolute Gasteiger partial charge is 0.497 e. The van der Waals surface area contributed by atoms with Gasteiger partial charge in [-0.15, -0.1) is 0 Å². The van der Waals surface area contributed by atoms with Crippen LogP contribution in [0.25, 0.3) is 0 Å². The number of ether oxygens (including phenoxy) is 2. The van der Waals surface area contributed by atoms with Crippen LogP contribution in [0.3, 0.4) is 0 Å². The normalized spacial score (nSPS) is 26.4. The molecule has 0 heterocycles. The van der Waals surface area contributed by atoms with E-state index in [-0.39, 0.29) is 5.92 Å². The zero-order chi connectivity index (χ0) is 13.7. The molecular weight excluding hydrogens is 242 g/mol. The molecule has 0 amide bonds. The Kier molecular flexibility index (Phi) is 4.66. The Morgan fingerprint density at radius 1 is 1.32 bits per heavy atom. The summed E-state index contributed by atoms with van der Waals surface area (Å²) in [5.41, 5.74) is 4.99. The minimum atomic E-state index is -0.677. The molecule has 2 unspecified atom stereocenters. The summed E-state index contributed by atoms with van der Waals surface area (Å²) in [5.74, 6) is 1.91. The van der Waals surface area contributed by atoms with Gasteiger partial charge in [-0.05, 0) is 49.4 Å². The lowest BCUT2D eigenvalue weighted by Gasteiger charge is -2.28. The van der Waals surface area contributed by atoms with Gasteiger partial charge in [-0.1, -0.05) is 6.42 Å². The van der Waals surface area contributed by atoms with Crippen molar-refractivity contribution in [3.05, 3.63) is 24.3 Å². The molecule has 4 heteroatoms. The molecule has 1 aliphatic carbocycles. The lowest BCUT2D eigenvalue weighted by Crippen LogP contribution is -2.41. The Morgan fingerprint density at radius 2 is 2.00 bits per heavy atom. The first-order chi connectivity index (χ1) is 9.18. The average molecular weight is 265 g/mol. The summed E-state index contributed by atoms with van der Waals surface area (Å²) in [4.78, 5) is 0. The Morgan fingerprint density at radius 3 is 2.63 bits per heavy atom. The molecule has 4 nitrogen and oxygen atoms in total. The summed E-state index contributed by atoms with van der Waals surface area (Å²) < 4.78 is 10.8. The summed E-state index contributed by atoms with van der Waals surface area (Å²) in [6.45, 7) is 0.958. The molecule has 2 rings (SSSR count). The molecule has 106 valence electrons. The second-order valence-corrected chi connectivity index (χ2v) is 5.21. The molecule has 2 atom stereocenters. The van der Waals surface area contributed by atoms with Crippen molar-refractivity contribution in [3.63, 3.8) is 0 Å². The zero-order valence-electron chi connectivity index (χ0n) is 11.5. The summed E-state index contributed by atoms with van der Waals surface area (Å²) in [6, 6.07) is 7.54. The highest BCUT2D eigenvalue weighted by Gasteiger charge is 2.39. The fourth-order valence-corrected chi connectivity index (χ4v) is 2.80. The number of nitrogens with two attached hydrogens (primary N) is 1. The lowest BCUT2D eigenvalue weighted by molar-refractivity contribution is 0.00355. The first-order valence-corrected chi connectivity index (χ1v) is 6.87. The van der Waals surface area contributed by atoms with Crippen LogP contribution in [0.15, 0.2) is 24.3 Å².